The predicted octanol–water partition coefficient (Wildman–Crippen LogP) is 3.59. The van der Waals surface area contributed by atoms with Gasteiger partial charge < -0.3 is 19.5 Å². The fourth-order valence-electron chi connectivity index (χ4n) is 4.39. The van der Waals surface area contributed by atoms with Crippen LogP contribution >= 0.6 is 0 Å². The molecular weight excluding hydrogens is 368 g/mol. The number of nitrogens with zero attached hydrogens (tertiary/aromatic N) is 1. The molecule has 1 aromatic rings. The molecule has 4 rings (SSSR count). The van der Waals surface area contributed by atoms with Crippen LogP contribution in [-0.4, -0.2) is 49.9 Å². The van der Waals surface area contributed by atoms with Crippen molar-refractivity contribution >= 4 is 5.91 Å². The first-order valence-electron chi connectivity index (χ1n) is 11.3. The highest BCUT2D eigenvalue weighted by molar-refractivity contribution is 5.76. The van der Waals surface area contributed by atoms with E-state index in [4.69, 9.17) is 14.2 Å². The van der Waals surface area contributed by atoms with Crippen LogP contribution in [0.25, 0.3) is 0 Å². The number of carbonyl (C=O) groups excluding carboxylic acids is 1. The zero-order valence-corrected chi connectivity index (χ0v) is 17.5. The molecule has 6 heteroatoms. The summed E-state index contributed by atoms with van der Waals surface area (Å²) in [5, 5.41) is 3.12. The van der Waals surface area contributed by atoms with Crippen molar-refractivity contribution in [2.45, 2.75) is 58.1 Å². The van der Waals surface area contributed by atoms with Gasteiger partial charge in [-0.1, -0.05) is 32.6 Å². The van der Waals surface area contributed by atoms with E-state index in [0.717, 1.165) is 50.1 Å². The summed E-state index contributed by atoms with van der Waals surface area (Å²) in [6, 6.07) is 5.63. The topological polar surface area (TPSA) is 60.0 Å². The lowest BCUT2D eigenvalue weighted by atomic mass is 10.1. The number of rotatable bonds is 11. The largest absolute Gasteiger partial charge is 0.486 e. The number of unbranched alkanes of at least 4 members (excludes halogenated alkanes) is 4. The number of likely N-dealkylation sites (tertiary alicyclic amines) is 1. The van der Waals surface area contributed by atoms with Crippen LogP contribution < -0.4 is 19.5 Å². The summed E-state index contributed by atoms with van der Waals surface area (Å²) in [6.45, 7) is 6.29. The monoisotopic (exact) mass is 402 g/mol. The highest BCUT2D eigenvalue weighted by Crippen LogP contribution is 2.44. The van der Waals surface area contributed by atoms with Crippen LogP contribution in [0.3, 0.4) is 0 Å². The molecule has 0 spiro atoms. The molecule has 0 radical (unpaired) electrons. The minimum absolute atomic E-state index is 0.0772. The number of nitrogens with one attached hydrogen (secondary N) is 1. The van der Waals surface area contributed by atoms with Gasteiger partial charge in [-0.3, -0.25) is 9.69 Å². The number of benzene rings is 1. The first-order valence-corrected chi connectivity index (χ1v) is 11.3. The molecule has 1 aromatic carbocycles. The summed E-state index contributed by atoms with van der Waals surface area (Å²) >= 11 is 0. The van der Waals surface area contributed by atoms with Crippen LogP contribution in [0.2, 0.25) is 0 Å². The van der Waals surface area contributed by atoms with Crippen LogP contribution in [0.1, 0.15) is 51.9 Å². The standard InChI is InChI=1S/C23H34N2O4/c1-2-3-4-5-6-7-22(26)24-23(16-25-14-17-12-18(17)15-25)29-19-8-9-20-21(13-19)28-11-10-27-20/h8-9,13,17-18,23H,2-7,10-12,14-16H2,1H3,(H,24,26)/t17?,18?,23-/m0/s1. The molecule has 29 heavy (non-hydrogen) atoms. The van der Waals surface area contributed by atoms with Crippen molar-refractivity contribution in [1.29, 1.82) is 0 Å². The van der Waals surface area contributed by atoms with Gasteiger partial charge >= 0.3 is 0 Å². The van der Waals surface area contributed by atoms with Gasteiger partial charge in [0, 0.05) is 25.6 Å². The molecule has 6 nitrogen and oxygen atoms in total. The lowest BCUT2D eigenvalue weighted by Gasteiger charge is -2.27. The second-order valence-corrected chi connectivity index (χ2v) is 8.62. The molecule has 1 amide bonds. The van der Waals surface area contributed by atoms with Crippen LogP contribution in [0, 0.1) is 11.8 Å². The maximum Gasteiger partial charge on any atom is 0.222 e. The van der Waals surface area contributed by atoms with Gasteiger partial charge in [0.15, 0.2) is 17.7 Å². The van der Waals surface area contributed by atoms with Crippen molar-refractivity contribution in [3.63, 3.8) is 0 Å². The van der Waals surface area contributed by atoms with Crippen molar-refractivity contribution in [2.24, 2.45) is 11.8 Å². The SMILES string of the molecule is CCCCCCCC(=O)N[C@H](CN1CC2CC2C1)Oc1ccc2c(c1)OCCO2. The fraction of sp³-hybridized carbons (Fsp3) is 0.696. The third-order valence-electron chi connectivity index (χ3n) is 6.10. The van der Waals surface area contributed by atoms with E-state index >= 15 is 0 Å². The Balaban J connectivity index is 1.32. The van der Waals surface area contributed by atoms with Crippen LogP contribution in [0.5, 0.6) is 17.2 Å². The van der Waals surface area contributed by atoms with Crippen molar-refractivity contribution in [2.75, 3.05) is 32.8 Å². The van der Waals surface area contributed by atoms with Crippen molar-refractivity contribution in [1.82, 2.24) is 10.2 Å². The minimum atomic E-state index is -0.349. The van der Waals surface area contributed by atoms with Gasteiger partial charge in [0.25, 0.3) is 0 Å². The lowest BCUT2D eigenvalue weighted by molar-refractivity contribution is -0.124. The second-order valence-electron chi connectivity index (χ2n) is 8.62. The molecule has 1 N–H and O–H groups in total. The van der Waals surface area contributed by atoms with Gasteiger partial charge in [0.05, 0.1) is 6.54 Å². The van der Waals surface area contributed by atoms with E-state index in [9.17, 15) is 4.79 Å². The molecule has 1 aliphatic carbocycles. The summed E-state index contributed by atoms with van der Waals surface area (Å²) in [7, 11) is 0. The Morgan fingerprint density at radius 2 is 1.90 bits per heavy atom. The third kappa shape index (κ3) is 5.78. The van der Waals surface area contributed by atoms with Crippen molar-refractivity contribution in [3.8, 4) is 17.2 Å². The summed E-state index contributed by atoms with van der Waals surface area (Å²) in [5.41, 5.74) is 0. The number of ether oxygens (including phenoxy) is 3. The number of carbonyl (C=O) groups is 1. The number of fused-ring (bicyclic) bond motifs is 2. The van der Waals surface area contributed by atoms with E-state index in [-0.39, 0.29) is 12.1 Å². The van der Waals surface area contributed by atoms with E-state index in [1.54, 1.807) is 0 Å². The van der Waals surface area contributed by atoms with Gasteiger partial charge in [-0.15, -0.1) is 0 Å². The molecule has 2 fully saturated rings. The Labute approximate surface area is 173 Å². The first kappa shape index (κ1) is 20.3. The molecular formula is C23H34N2O4. The molecule has 2 heterocycles. The van der Waals surface area contributed by atoms with Crippen LogP contribution in [0.4, 0.5) is 0 Å². The number of hydrogen-bond donors (Lipinski definition) is 1. The molecule has 1 saturated carbocycles. The summed E-state index contributed by atoms with van der Waals surface area (Å²) in [5.74, 6) is 3.95. The molecule has 2 aliphatic heterocycles. The van der Waals surface area contributed by atoms with Crippen LogP contribution in [-0.2, 0) is 4.79 Å². The molecule has 0 aromatic heterocycles. The van der Waals surface area contributed by atoms with Gasteiger partial charge in [0.1, 0.15) is 19.0 Å². The average molecular weight is 403 g/mol. The molecule has 0 bridgehead atoms. The zero-order valence-electron chi connectivity index (χ0n) is 17.5. The van der Waals surface area contributed by atoms with Gasteiger partial charge in [-0.05, 0) is 36.8 Å². The molecule has 3 atom stereocenters. The maximum atomic E-state index is 12.5. The van der Waals surface area contributed by atoms with E-state index in [2.05, 4.69) is 17.1 Å². The van der Waals surface area contributed by atoms with Crippen molar-refractivity contribution in [3.05, 3.63) is 18.2 Å². The van der Waals surface area contributed by atoms with E-state index < -0.39 is 0 Å². The van der Waals surface area contributed by atoms with Gasteiger partial charge in [-0.25, -0.2) is 0 Å². The van der Waals surface area contributed by atoms with Crippen molar-refractivity contribution < 1.29 is 19.0 Å². The number of amides is 1. The Bertz CT molecular complexity index is 685. The highest BCUT2D eigenvalue weighted by Gasteiger charge is 2.45. The second kappa shape index (κ2) is 9.70. The summed E-state index contributed by atoms with van der Waals surface area (Å²) in [4.78, 5) is 14.9. The Kier molecular flexibility index (Phi) is 6.80. The quantitative estimate of drug-likeness (QED) is 0.453. The molecule has 2 unspecified atom stereocenters. The Morgan fingerprint density at radius 1 is 1.14 bits per heavy atom. The summed E-state index contributed by atoms with van der Waals surface area (Å²) in [6.07, 6.45) is 7.31. The van der Waals surface area contributed by atoms with E-state index in [1.807, 2.05) is 18.2 Å². The third-order valence-corrected chi connectivity index (χ3v) is 6.10. The smallest absolute Gasteiger partial charge is 0.222 e. The lowest BCUT2D eigenvalue weighted by Crippen LogP contribution is -2.47. The average Bonchev–Trinajstić information content (AvgIpc) is 3.33. The Hall–Kier alpha value is -1.95. The maximum absolute atomic E-state index is 12.5. The number of hydrogen-bond acceptors (Lipinski definition) is 5. The molecule has 1 saturated heterocycles. The molecule has 3 aliphatic rings. The Morgan fingerprint density at radius 3 is 2.69 bits per heavy atom. The van der Waals surface area contributed by atoms with E-state index in [1.165, 1.54) is 25.7 Å². The van der Waals surface area contributed by atoms with Gasteiger partial charge in [0.2, 0.25) is 5.91 Å². The zero-order chi connectivity index (χ0) is 20.1. The van der Waals surface area contributed by atoms with E-state index in [0.29, 0.717) is 31.1 Å². The minimum Gasteiger partial charge on any atom is -0.486 e. The van der Waals surface area contributed by atoms with Crippen LogP contribution in [0.15, 0.2) is 18.2 Å². The molecule has 160 valence electrons. The highest BCUT2D eigenvalue weighted by atomic mass is 16.6. The van der Waals surface area contributed by atoms with Gasteiger partial charge in [-0.2, -0.15) is 0 Å². The fourth-order valence-corrected chi connectivity index (χ4v) is 4.39. The predicted molar refractivity (Wildman–Crippen MR) is 111 cm³/mol. The summed E-state index contributed by atoms with van der Waals surface area (Å²) < 4.78 is 17.4. The number of piperidine rings is 1. The first-order chi connectivity index (χ1) is 14.2. The normalized spacial score (nSPS) is 23.3.